The second kappa shape index (κ2) is 9.84. The van der Waals surface area contributed by atoms with Gasteiger partial charge < -0.3 is 5.32 Å². The van der Waals surface area contributed by atoms with Crippen LogP contribution in [0.2, 0.25) is 0 Å². The van der Waals surface area contributed by atoms with E-state index in [4.69, 9.17) is 0 Å². The van der Waals surface area contributed by atoms with Crippen LogP contribution in [0, 0.1) is 11.6 Å². The van der Waals surface area contributed by atoms with Gasteiger partial charge in [0.05, 0.1) is 5.56 Å². The summed E-state index contributed by atoms with van der Waals surface area (Å²) in [7, 11) is 0. The number of nitrogens with one attached hydrogen (secondary N) is 1. The fraction of sp³-hybridized carbons (Fsp3) is 0.269. The monoisotopic (exact) mass is 420 g/mol. The summed E-state index contributed by atoms with van der Waals surface area (Å²) in [6, 6.07) is 18.7. The van der Waals surface area contributed by atoms with Crippen LogP contribution in [0.5, 0.6) is 0 Å². The van der Waals surface area contributed by atoms with Gasteiger partial charge in [0, 0.05) is 13.1 Å². The molecule has 1 aliphatic rings. The zero-order valence-electron chi connectivity index (χ0n) is 17.4. The molecule has 1 heterocycles. The maximum atomic E-state index is 14.5. The first-order chi connectivity index (χ1) is 15.1. The number of halogens is 2. The Morgan fingerprint density at radius 2 is 1.48 bits per heavy atom. The van der Waals surface area contributed by atoms with Gasteiger partial charge in [-0.1, -0.05) is 42.5 Å². The molecule has 5 heteroatoms. The van der Waals surface area contributed by atoms with Crippen LogP contribution in [0.1, 0.15) is 34.3 Å². The van der Waals surface area contributed by atoms with Gasteiger partial charge in [-0.05, 0) is 78.9 Å². The summed E-state index contributed by atoms with van der Waals surface area (Å²) in [5.74, 6) is -1.37. The lowest BCUT2D eigenvalue weighted by Crippen LogP contribution is -2.26. The van der Waals surface area contributed by atoms with E-state index in [0.717, 1.165) is 12.1 Å². The van der Waals surface area contributed by atoms with Crippen molar-refractivity contribution in [3.8, 4) is 11.1 Å². The Labute approximate surface area is 181 Å². The predicted octanol–water partition coefficient (Wildman–Crippen LogP) is 5.20. The predicted molar refractivity (Wildman–Crippen MR) is 119 cm³/mol. The van der Waals surface area contributed by atoms with Crippen LogP contribution in [0.15, 0.2) is 66.7 Å². The smallest absolute Gasteiger partial charge is 0.254 e. The molecule has 0 radical (unpaired) electrons. The number of amides is 1. The van der Waals surface area contributed by atoms with Gasteiger partial charge in [-0.25, -0.2) is 8.78 Å². The van der Waals surface area contributed by atoms with E-state index in [0.29, 0.717) is 24.1 Å². The van der Waals surface area contributed by atoms with E-state index in [2.05, 4.69) is 34.5 Å². The van der Waals surface area contributed by atoms with Gasteiger partial charge in [0.1, 0.15) is 11.6 Å². The van der Waals surface area contributed by atoms with E-state index in [-0.39, 0.29) is 11.4 Å². The fourth-order valence-electron chi connectivity index (χ4n) is 3.95. The molecule has 1 N–H and O–H groups in total. The third kappa shape index (κ3) is 5.56. The maximum absolute atomic E-state index is 14.5. The van der Waals surface area contributed by atoms with Gasteiger partial charge in [-0.15, -0.1) is 0 Å². The van der Waals surface area contributed by atoms with Crippen LogP contribution in [0.25, 0.3) is 11.1 Å². The summed E-state index contributed by atoms with van der Waals surface area (Å²) in [5.41, 5.74) is 3.74. The molecule has 0 aromatic heterocycles. The molecule has 4 rings (SSSR count). The lowest BCUT2D eigenvalue weighted by molar-refractivity contribution is 0.0950. The number of carbonyl (C=O) groups excluding carboxylic acids is 1. The second-order valence-electron chi connectivity index (χ2n) is 8.01. The molecular weight excluding hydrogens is 394 g/mol. The topological polar surface area (TPSA) is 32.3 Å². The zero-order chi connectivity index (χ0) is 21.6. The van der Waals surface area contributed by atoms with Crippen molar-refractivity contribution >= 4 is 5.91 Å². The van der Waals surface area contributed by atoms with Gasteiger partial charge in [0.2, 0.25) is 0 Å². The molecule has 0 bridgehead atoms. The van der Waals surface area contributed by atoms with Gasteiger partial charge >= 0.3 is 0 Å². The molecule has 0 saturated carbocycles. The summed E-state index contributed by atoms with van der Waals surface area (Å²) in [5, 5.41) is 2.79. The highest BCUT2D eigenvalue weighted by atomic mass is 19.1. The highest BCUT2D eigenvalue weighted by Gasteiger charge is 2.13. The lowest BCUT2D eigenvalue weighted by Gasteiger charge is -2.14. The summed E-state index contributed by atoms with van der Waals surface area (Å²) >= 11 is 0. The average Bonchev–Trinajstić information content (AvgIpc) is 3.28. The quantitative estimate of drug-likeness (QED) is 0.570. The van der Waals surface area contributed by atoms with E-state index >= 15 is 0 Å². The van der Waals surface area contributed by atoms with Gasteiger partial charge in [0.15, 0.2) is 0 Å². The van der Waals surface area contributed by atoms with Crippen LogP contribution < -0.4 is 5.32 Å². The SMILES string of the molecule is O=C(NCCc1ccc(CN2CCCC2)cc1)c1ccc(-c2ccc(F)cc2)cc1F. The number of hydrogen-bond donors (Lipinski definition) is 1. The number of benzene rings is 3. The Morgan fingerprint density at radius 1 is 0.839 bits per heavy atom. The molecule has 1 aliphatic heterocycles. The van der Waals surface area contributed by atoms with E-state index in [1.165, 1.54) is 55.8 Å². The first-order valence-electron chi connectivity index (χ1n) is 10.7. The molecule has 3 nitrogen and oxygen atoms in total. The van der Waals surface area contributed by atoms with E-state index in [1.807, 2.05) is 0 Å². The van der Waals surface area contributed by atoms with Crippen molar-refractivity contribution in [1.82, 2.24) is 10.2 Å². The van der Waals surface area contributed by atoms with E-state index < -0.39 is 11.7 Å². The van der Waals surface area contributed by atoms with Gasteiger partial charge in [-0.3, -0.25) is 9.69 Å². The normalized spacial score (nSPS) is 14.0. The third-order valence-corrected chi connectivity index (χ3v) is 5.72. The molecule has 3 aromatic carbocycles. The number of nitrogens with zero attached hydrogens (tertiary/aromatic N) is 1. The van der Waals surface area contributed by atoms with E-state index in [1.54, 1.807) is 18.2 Å². The molecule has 0 spiro atoms. The Balaban J connectivity index is 1.29. The Hall–Kier alpha value is -3.05. The fourth-order valence-corrected chi connectivity index (χ4v) is 3.95. The number of carbonyl (C=O) groups is 1. The first kappa shape index (κ1) is 21.2. The maximum Gasteiger partial charge on any atom is 0.254 e. The summed E-state index contributed by atoms with van der Waals surface area (Å²) in [4.78, 5) is 14.9. The second-order valence-corrected chi connectivity index (χ2v) is 8.01. The molecule has 0 unspecified atom stereocenters. The van der Waals surface area contributed by atoms with Crippen LogP contribution >= 0.6 is 0 Å². The van der Waals surface area contributed by atoms with Crippen molar-refractivity contribution in [2.75, 3.05) is 19.6 Å². The number of hydrogen-bond acceptors (Lipinski definition) is 2. The van der Waals surface area contributed by atoms with Crippen molar-refractivity contribution in [2.24, 2.45) is 0 Å². The first-order valence-corrected chi connectivity index (χ1v) is 10.7. The van der Waals surface area contributed by atoms with Crippen molar-refractivity contribution in [2.45, 2.75) is 25.8 Å². The highest BCUT2D eigenvalue weighted by molar-refractivity contribution is 5.95. The van der Waals surface area contributed by atoms with Crippen LogP contribution in [-0.2, 0) is 13.0 Å². The van der Waals surface area contributed by atoms with E-state index in [9.17, 15) is 13.6 Å². The summed E-state index contributed by atoms with van der Waals surface area (Å²) < 4.78 is 27.6. The largest absolute Gasteiger partial charge is 0.352 e. The molecular formula is C26H26F2N2O. The molecule has 0 atom stereocenters. The molecule has 1 amide bonds. The molecule has 0 aliphatic carbocycles. The average molecular weight is 421 g/mol. The minimum atomic E-state index is -0.592. The molecule has 160 valence electrons. The molecule has 31 heavy (non-hydrogen) atoms. The zero-order valence-corrected chi connectivity index (χ0v) is 17.4. The minimum absolute atomic E-state index is 0.00632. The minimum Gasteiger partial charge on any atom is -0.352 e. The van der Waals surface area contributed by atoms with Gasteiger partial charge in [0.25, 0.3) is 5.91 Å². The summed E-state index contributed by atoms with van der Waals surface area (Å²) in [6.45, 7) is 3.78. The molecule has 1 saturated heterocycles. The Kier molecular flexibility index (Phi) is 6.73. The van der Waals surface area contributed by atoms with Crippen LogP contribution in [-0.4, -0.2) is 30.4 Å². The Morgan fingerprint density at radius 3 is 2.16 bits per heavy atom. The standard InChI is InChI=1S/C26H26F2N2O/c27-23-10-7-21(8-11-23)22-9-12-24(25(28)17-22)26(31)29-14-13-19-3-5-20(6-4-19)18-30-15-1-2-16-30/h3-12,17H,1-2,13-16,18H2,(H,29,31). The lowest BCUT2D eigenvalue weighted by atomic mass is 10.0. The number of likely N-dealkylation sites (tertiary alicyclic amines) is 1. The Bertz CT molecular complexity index is 1030. The summed E-state index contributed by atoms with van der Waals surface area (Å²) in [6.07, 6.45) is 3.26. The number of rotatable bonds is 7. The van der Waals surface area contributed by atoms with Gasteiger partial charge in [-0.2, -0.15) is 0 Å². The van der Waals surface area contributed by atoms with Crippen molar-refractivity contribution in [3.05, 3.63) is 95.1 Å². The molecule has 1 fully saturated rings. The van der Waals surface area contributed by atoms with Crippen LogP contribution in [0.4, 0.5) is 8.78 Å². The van der Waals surface area contributed by atoms with Crippen molar-refractivity contribution in [1.29, 1.82) is 0 Å². The van der Waals surface area contributed by atoms with Crippen molar-refractivity contribution in [3.63, 3.8) is 0 Å². The van der Waals surface area contributed by atoms with Crippen LogP contribution in [0.3, 0.4) is 0 Å². The highest BCUT2D eigenvalue weighted by Crippen LogP contribution is 2.22. The molecule has 3 aromatic rings. The van der Waals surface area contributed by atoms with Crippen molar-refractivity contribution < 1.29 is 13.6 Å². The third-order valence-electron chi connectivity index (χ3n) is 5.72.